The van der Waals surface area contributed by atoms with Crippen molar-refractivity contribution in [2.45, 2.75) is 13.0 Å². The molecule has 19 heavy (non-hydrogen) atoms. The number of fused-ring (bicyclic) bond motifs is 1. The summed E-state index contributed by atoms with van der Waals surface area (Å²) >= 11 is 0. The van der Waals surface area contributed by atoms with E-state index in [1.165, 1.54) is 0 Å². The van der Waals surface area contributed by atoms with Gasteiger partial charge in [0, 0.05) is 11.6 Å². The molecule has 3 rings (SSSR count). The van der Waals surface area contributed by atoms with Gasteiger partial charge in [-0.3, -0.25) is 10.8 Å². The van der Waals surface area contributed by atoms with Crippen LogP contribution >= 0.6 is 0 Å². The van der Waals surface area contributed by atoms with Crippen molar-refractivity contribution in [1.29, 1.82) is 0 Å². The largest absolute Gasteiger partial charge is 0.464 e. The summed E-state index contributed by atoms with van der Waals surface area (Å²) in [6, 6.07) is 13.7. The number of benzene rings is 1. The molecule has 4 nitrogen and oxygen atoms in total. The van der Waals surface area contributed by atoms with Crippen LogP contribution in [0.3, 0.4) is 0 Å². The van der Waals surface area contributed by atoms with Gasteiger partial charge in [-0.15, -0.1) is 0 Å². The zero-order valence-electron chi connectivity index (χ0n) is 10.6. The van der Waals surface area contributed by atoms with Crippen molar-refractivity contribution in [3.05, 3.63) is 65.7 Å². The third kappa shape index (κ3) is 2.12. The molecule has 2 heterocycles. The Labute approximate surface area is 111 Å². The summed E-state index contributed by atoms with van der Waals surface area (Å²) in [4.78, 5) is 4.36. The molecule has 0 bridgehead atoms. The number of furan rings is 1. The third-order valence-corrected chi connectivity index (χ3v) is 3.20. The Bertz CT molecular complexity index is 700. The quantitative estimate of drug-likeness (QED) is 0.556. The molecular weight excluding hydrogens is 238 g/mol. The topological polar surface area (TPSA) is 64.1 Å². The van der Waals surface area contributed by atoms with Gasteiger partial charge < -0.3 is 4.42 Å². The molecule has 3 aromatic rings. The molecule has 0 saturated heterocycles. The van der Waals surface area contributed by atoms with Gasteiger partial charge >= 0.3 is 0 Å². The van der Waals surface area contributed by atoms with Crippen LogP contribution in [0.1, 0.15) is 23.1 Å². The van der Waals surface area contributed by atoms with Gasteiger partial charge in [0.05, 0.1) is 5.52 Å². The first-order valence-corrected chi connectivity index (χ1v) is 6.15. The lowest BCUT2D eigenvalue weighted by Gasteiger charge is -2.16. The number of nitrogens with zero attached hydrogens (tertiary/aromatic N) is 1. The third-order valence-electron chi connectivity index (χ3n) is 3.20. The van der Waals surface area contributed by atoms with Gasteiger partial charge in [0.2, 0.25) is 0 Å². The molecule has 0 amide bonds. The number of hydrogen-bond donors (Lipinski definition) is 2. The Morgan fingerprint density at radius 2 is 2.05 bits per heavy atom. The van der Waals surface area contributed by atoms with E-state index in [-0.39, 0.29) is 6.04 Å². The Hall–Kier alpha value is -2.17. The van der Waals surface area contributed by atoms with Crippen molar-refractivity contribution in [3.8, 4) is 0 Å². The second-order valence-electron chi connectivity index (χ2n) is 4.47. The van der Waals surface area contributed by atoms with Crippen molar-refractivity contribution >= 4 is 10.9 Å². The van der Waals surface area contributed by atoms with Gasteiger partial charge in [-0.2, -0.15) is 0 Å². The number of hydrogen-bond acceptors (Lipinski definition) is 4. The van der Waals surface area contributed by atoms with Crippen LogP contribution in [0, 0.1) is 6.92 Å². The van der Waals surface area contributed by atoms with E-state index in [4.69, 9.17) is 10.3 Å². The molecule has 0 saturated carbocycles. The predicted molar refractivity (Wildman–Crippen MR) is 74.4 cm³/mol. The first-order valence-electron chi connectivity index (χ1n) is 6.15. The van der Waals surface area contributed by atoms with Crippen molar-refractivity contribution in [2.75, 3.05) is 0 Å². The van der Waals surface area contributed by atoms with E-state index in [0.29, 0.717) is 0 Å². The number of aryl methyl sites for hydroxylation is 1. The highest BCUT2D eigenvalue weighted by molar-refractivity contribution is 5.82. The lowest BCUT2D eigenvalue weighted by atomic mass is 10.00. The smallest absolute Gasteiger partial charge is 0.126 e. The zero-order valence-corrected chi connectivity index (χ0v) is 10.6. The molecule has 0 spiro atoms. The van der Waals surface area contributed by atoms with Crippen LogP contribution in [0.4, 0.5) is 0 Å². The summed E-state index contributed by atoms with van der Waals surface area (Å²) in [6.07, 6.45) is 1.79. The molecule has 96 valence electrons. The summed E-state index contributed by atoms with van der Waals surface area (Å²) in [5.41, 5.74) is 4.82. The monoisotopic (exact) mass is 253 g/mol. The van der Waals surface area contributed by atoms with Crippen LogP contribution in [0.25, 0.3) is 10.9 Å². The first-order chi connectivity index (χ1) is 9.29. The van der Waals surface area contributed by atoms with E-state index in [0.717, 1.165) is 28.0 Å². The highest BCUT2D eigenvalue weighted by Crippen LogP contribution is 2.28. The van der Waals surface area contributed by atoms with Crippen molar-refractivity contribution in [2.24, 2.45) is 5.84 Å². The fourth-order valence-electron chi connectivity index (χ4n) is 2.31. The highest BCUT2D eigenvalue weighted by atomic mass is 16.3. The molecule has 4 heteroatoms. The second-order valence-corrected chi connectivity index (χ2v) is 4.47. The molecule has 0 aliphatic carbocycles. The Kier molecular flexibility index (Phi) is 3.03. The number of hydrazine groups is 1. The minimum Gasteiger partial charge on any atom is -0.464 e. The molecule has 1 aromatic carbocycles. The van der Waals surface area contributed by atoms with Crippen LogP contribution in [0.15, 0.2) is 53.1 Å². The normalized spacial score (nSPS) is 12.7. The maximum absolute atomic E-state index is 5.71. The summed E-state index contributed by atoms with van der Waals surface area (Å²) in [7, 11) is 0. The van der Waals surface area contributed by atoms with E-state index in [1.807, 2.05) is 49.4 Å². The van der Waals surface area contributed by atoms with Crippen LogP contribution in [-0.4, -0.2) is 4.98 Å². The average Bonchev–Trinajstić information content (AvgIpc) is 2.86. The molecule has 0 aliphatic heterocycles. The summed E-state index contributed by atoms with van der Waals surface area (Å²) in [5, 5.41) is 1.07. The number of rotatable bonds is 3. The number of aromatic nitrogens is 1. The Balaban J connectivity index is 2.16. The van der Waals surface area contributed by atoms with Gasteiger partial charge in [0.15, 0.2) is 0 Å². The van der Waals surface area contributed by atoms with E-state index in [9.17, 15) is 0 Å². The van der Waals surface area contributed by atoms with Crippen LogP contribution in [0.5, 0.6) is 0 Å². The molecule has 1 unspecified atom stereocenters. The van der Waals surface area contributed by atoms with Gasteiger partial charge in [0.1, 0.15) is 17.6 Å². The van der Waals surface area contributed by atoms with Crippen LogP contribution < -0.4 is 11.3 Å². The Morgan fingerprint density at radius 1 is 1.16 bits per heavy atom. The van der Waals surface area contributed by atoms with Crippen LogP contribution in [0.2, 0.25) is 0 Å². The maximum atomic E-state index is 5.71. The standard InChI is InChI=1S/C15H15N3O/c1-10-7-8-14(19-10)15(18-16)12-4-2-6-13-11(12)5-3-9-17-13/h2-9,15,18H,16H2,1H3. The highest BCUT2D eigenvalue weighted by Gasteiger charge is 2.18. The fourth-order valence-corrected chi connectivity index (χ4v) is 2.31. The lowest BCUT2D eigenvalue weighted by Crippen LogP contribution is -2.28. The first kappa shape index (κ1) is 11.9. The minimum absolute atomic E-state index is 0.179. The molecule has 2 aromatic heterocycles. The molecule has 0 fully saturated rings. The van der Waals surface area contributed by atoms with E-state index in [1.54, 1.807) is 6.20 Å². The maximum Gasteiger partial charge on any atom is 0.126 e. The van der Waals surface area contributed by atoms with Gasteiger partial charge in [-0.1, -0.05) is 18.2 Å². The van der Waals surface area contributed by atoms with Crippen molar-refractivity contribution in [3.63, 3.8) is 0 Å². The summed E-state index contributed by atoms with van der Waals surface area (Å²) in [6.45, 7) is 1.92. The van der Waals surface area contributed by atoms with Crippen LogP contribution in [-0.2, 0) is 0 Å². The average molecular weight is 253 g/mol. The van der Waals surface area contributed by atoms with Gasteiger partial charge in [-0.05, 0) is 36.8 Å². The fraction of sp³-hybridized carbons (Fsp3) is 0.133. The molecule has 0 radical (unpaired) electrons. The SMILES string of the molecule is Cc1ccc(C(NN)c2cccc3ncccc23)o1. The lowest BCUT2D eigenvalue weighted by molar-refractivity contribution is 0.436. The minimum atomic E-state index is -0.179. The summed E-state index contributed by atoms with van der Waals surface area (Å²) < 4.78 is 5.68. The van der Waals surface area contributed by atoms with E-state index >= 15 is 0 Å². The van der Waals surface area contributed by atoms with E-state index in [2.05, 4.69) is 10.4 Å². The second kappa shape index (κ2) is 4.84. The van der Waals surface area contributed by atoms with E-state index < -0.39 is 0 Å². The number of nitrogens with one attached hydrogen (secondary N) is 1. The number of pyridine rings is 1. The van der Waals surface area contributed by atoms with Crippen molar-refractivity contribution in [1.82, 2.24) is 10.4 Å². The summed E-state index contributed by atoms with van der Waals surface area (Å²) in [5.74, 6) is 7.38. The molecule has 1 atom stereocenters. The predicted octanol–water partition coefficient (Wildman–Crippen LogP) is 2.69. The molecule has 3 N–H and O–H groups in total. The molecular formula is C15H15N3O. The Morgan fingerprint density at radius 3 is 2.79 bits per heavy atom. The van der Waals surface area contributed by atoms with Crippen molar-refractivity contribution < 1.29 is 4.42 Å². The molecule has 0 aliphatic rings. The van der Waals surface area contributed by atoms with Gasteiger partial charge in [-0.25, -0.2) is 5.43 Å². The zero-order chi connectivity index (χ0) is 13.2. The number of nitrogens with two attached hydrogens (primary N) is 1. The van der Waals surface area contributed by atoms with Gasteiger partial charge in [0.25, 0.3) is 0 Å².